The van der Waals surface area contributed by atoms with Gasteiger partial charge < -0.3 is 10.1 Å². The summed E-state index contributed by atoms with van der Waals surface area (Å²) in [6.45, 7) is 0.966. The Morgan fingerprint density at radius 3 is 2.41 bits per heavy atom. The average molecular weight is 465 g/mol. The second kappa shape index (κ2) is 9.42. The Bertz CT molecular complexity index is 1170. The molecule has 2 aromatic rings. The summed E-state index contributed by atoms with van der Waals surface area (Å²) < 4.78 is 5.06. The number of nitrogens with zero attached hydrogens (tertiary/aromatic N) is 2. The van der Waals surface area contributed by atoms with Gasteiger partial charge in [0.25, 0.3) is 11.6 Å². The first-order valence-electron chi connectivity index (χ1n) is 11.0. The third-order valence-corrected chi connectivity index (χ3v) is 6.21. The number of aryl methyl sites for hydroxylation is 1. The van der Waals surface area contributed by atoms with Crippen molar-refractivity contribution >= 4 is 40.8 Å². The minimum atomic E-state index is -0.802. The van der Waals surface area contributed by atoms with Crippen LogP contribution >= 0.6 is 0 Å². The summed E-state index contributed by atoms with van der Waals surface area (Å²) in [6.07, 6.45) is 3.20. The molecule has 0 unspecified atom stereocenters. The van der Waals surface area contributed by atoms with E-state index in [2.05, 4.69) is 5.32 Å². The first-order chi connectivity index (χ1) is 16.3. The predicted molar refractivity (Wildman–Crippen MR) is 121 cm³/mol. The number of nitro groups is 1. The van der Waals surface area contributed by atoms with Gasteiger partial charge in [0, 0.05) is 17.3 Å². The number of ether oxygens (including phenoxy) is 1. The van der Waals surface area contributed by atoms with Crippen LogP contribution in [0.3, 0.4) is 0 Å². The Morgan fingerprint density at radius 1 is 1.09 bits per heavy atom. The first-order valence-corrected chi connectivity index (χ1v) is 11.0. The lowest BCUT2D eigenvalue weighted by atomic mass is 9.81. The molecule has 2 fully saturated rings. The summed E-state index contributed by atoms with van der Waals surface area (Å²) in [6, 6.07) is 10.2. The van der Waals surface area contributed by atoms with Crippen LogP contribution in [0.4, 0.5) is 17.1 Å². The van der Waals surface area contributed by atoms with E-state index in [-0.39, 0.29) is 40.6 Å². The number of anilines is 2. The number of fused-ring (bicyclic) bond motifs is 1. The van der Waals surface area contributed by atoms with Gasteiger partial charge in [-0.1, -0.05) is 25.0 Å². The maximum atomic E-state index is 12.8. The quantitative estimate of drug-likeness (QED) is 0.299. The van der Waals surface area contributed by atoms with Crippen LogP contribution in [0.15, 0.2) is 42.5 Å². The maximum absolute atomic E-state index is 12.8. The number of carbonyl (C=O) groups excluding carboxylic acids is 4. The van der Waals surface area contributed by atoms with E-state index in [4.69, 9.17) is 4.74 Å². The van der Waals surface area contributed by atoms with Gasteiger partial charge in [-0.25, -0.2) is 4.79 Å². The number of esters is 1. The van der Waals surface area contributed by atoms with Crippen LogP contribution in [-0.2, 0) is 19.1 Å². The summed E-state index contributed by atoms with van der Waals surface area (Å²) >= 11 is 0. The third-order valence-electron chi connectivity index (χ3n) is 6.21. The minimum Gasteiger partial charge on any atom is -0.452 e. The van der Waals surface area contributed by atoms with Crippen LogP contribution in [0.1, 0.15) is 41.6 Å². The number of hydrogen-bond acceptors (Lipinski definition) is 7. The van der Waals surface area contributed by atoms with Gasteiger partial charge in [-0.3, -0.25) is 29.4 Å². The highest BCUT2D eigenvalue weighted by atomic mass is 16.6. The maximum Gasteiger partial charge on any atom is 0.338 e. The molecule has 1 aliphatic carbocycles. The third kappa shape index (κ3) is 4.52. The lowest BCUT2D eigenvalue weighted by molar-refractivity contribution is -0.385. The molecule has 2 atom stereocenters. The van der Waals surface area contributed by atoms with E-state index < -0.39 is 23.4 Å². The Kier molecular flexibility index (Phi) is 6.40. The van der Waals surface area contributed by atoms with E-state index in [1.165, 1.54) is 30.3 Å². The molecular weight excluding hydrogens is 442 g/mol. The lowest BCUT2D eigenvalue weighted by Gasteiger charge is -2.19. The van der Waals surface area contributed by atoms with Crippen molar-refractivity contribution in [3.63, 3.8) is 0 Å². The fraction of sp³-hybridized carbons (Fsp3) is 0.333. The van der Waals surface area contributed by atoms with Gasteiger partial charge in [0.1, 0.15) is 0 Å². The topological polar surface area (TPSA) is 136 Å². The van der Waals surface area contributed by atoms with Crippen molar-refractivity contribution in [1.29, 1.82) is 0 Å². The Labute approximate surface area is 195 Å². The lowest BCUT2D eigenvalue weighted by Crippen LogP contribution is -2.31. The van der Waals surface area contributed by atoms with Crippen LogP contribution in [0, 0.1) is 28.9 Å². The van der Waals surface area contributed by atoms with Crippen molar-refractivity contribution in [2.45, 2.75) is 32.6 Å². The number of rotatable bonds is 6. The molecule has 1 saturated heterocycles. The summed E-state index contributed by atoms with van der Waals surface area (Å²) in [5.41, 5.74) is 0.899. The molecule has 0 radical (unpaired) electrons. The van der Waals surface area contributed by atoms with Crippen LogP contribution in [0.5, 0.6) is 0 Å². The van der Waals surface area contributed by atoms with Gasteiger partial charge in [-0.05, 0) is 44.0 Å². The number of benzene rings is 2. The molecule has 10 nitrogen and oxygen atoms in total. The van der Waals surface area contributed by atoms with Gasteiger partial charge in [0.05, 0.1) is 28.0 Å². The highest BCUT2D eigenvalue weighted by Crippen LogP contribution is 2.40. The molecule has 1 saturated carbocycles. The number of amides is 3. The van der Waals surface area contributed by atoms with Gasteiger partial charge in [0.15, 0.2) is 6.61 Å². The second-order valence-electron chi connectivity index (χ2n) is 8.44. The summed E-state index contributed by atoms with van der Waals surface area (Å²) in [4.78, 5) is 61.9. The van der Waals surface area contributed by atoms with Crippen molar-refractivity contribution in [2.75, 3.05) is 16.8 Å². The second-order valence-corrected chi connectivity index (χ2v) is 8.44. The highest BCUT2D eigenvalue weighted by molar-refractivity contribution is 6.22. The predicted octanol–water partition coefficient (Wildman–Crippen LogP) is 3.38. The SMILES string of the molecule is Cc1ccc(NC(=O)COC(=O)c2cccc(N3C(=O)[C@H]4CCCC[C@@H]4C3=O)c2)cc1[N+](=O)[O-]. The number of hydrogen-bond donors (Lipinski definition) is 1. The zero-order valence-electron chi connectivity index (χ0n) is 18.5. The van der Waals surface area contributed by atoms with Crippen molar-refractivity contribution in [2.24, 2.45) is 11.8 Å². The molecule has 3 amide bonds. The summed E-state index contributed by atoms with van der Waals surface area (Å²) in [5, 5.41) is 13.5. The van der Waals surface area contributed by atoms with E-state index >= 15 is 0 Å². The highest BCUT2D eigenvalue weighted by Gasteiger charge is 2.48. The van der Waals surface area contributed by atoms with Gasteiger partial charge >= 0.3 is 5.97 Å². The van der Waals surface area contributed by atoms with Crippen LogP contribution in [0.25, 0.3) is 0 Å². The normalized spacial score (nSPS) is 19.5. The summed E-state index contributed by atoms with van der Waals surface area (Å²) in [5.74, 6) is -2.57. The fourth-order valence-electron chi connectivity index (χ4n) is 4.48. The van der Waals surface area contributed by atoms with E-state index in [9.17, 15) is 29.3 Å². The molecule has 1 aliphatic heterocycles. The number of nitrogens with one attached hydrogen (secondary N) is 1. The Balaban J connectivity index is 1.40. The Morgan fingerprint density at radius 2 is 1.76 bits per heavy atom. The van der Waals surface area contributed by atoms with Crippen LogP contribution in [-0.4, -0.2) is 35.2 Å². The monoisotopic (exact) mass is 465 g/mol. The average Bonchev–Trinajstić information content (AvgIpc) is 3.08. The summed E-state index contributed by atoms with van der Waals surface area (Å²) in [7, 11) is 0. The van der Waals surface area contributed by atoms with Crippen LogP contribution < -0.4 is 10.2 Å². The van der Waals surface area contributed by atoms with E-state index in [1.807, 2.05) is 0 Å². The van der Waals surface area contributed by atoms with Crippen molar-refractivity contribution in [1.82, 2.24) is 0 Å². The molecule has 2 aromatic carbocycles. The van der Waals surface area contributed by atoms with E-state index in [0.717, 1.165) is 17.7 Å². The molecule has 10 heteroatoms. The first kappa shape index (κ1) is 23.1. The number of nitro benzene ring substituents is 1. The molecule has 1 N–H and O–H groups in total. The molecule has 1 heterocycles. The van der Waals surface area contributed by atoms with Crippen LogP contribution in [0.2, 0.25) is 0 Å². The fourth-order valence-corrected chi connectivity index (χ4v) is 4.48. The zero-order valence-corrected chi connectivity index (χ0v) is 18.5. The van der Waals surface area contributed by atoms with E-state index in [1.54, 1.807) is 19.1 Å². The van der Waals surface area contributed by atoms with Gasteiger partial charge in [-0.15, -0.1) is 0 Å². The zero-order chi connectivity index (χ0) is 24.4. The number of carbonyl (C=O) groups is 4. The Hall–Kier alpha value is -4.08. The smallest absolute Gasteiger partial charge is 0.338 e. The molecular formula is C24H23N3O7. The minimum absolute atomic E-state index is 0.0896. The number of imide groups is 1. The van der Waals surface area contributed by atoms with Gasteiger partial charge in [0.2, 0.25) is 11.8 Å². The van der Waals surface area contributed by atoms with Crippen molar-refractivity contribution in [3.05, 3.63) is 63.7 Å². The van der Waals surface area contributed by atoms with Crippen molar-refractivity contribution < 1.29 is 28.8 Å². The standard InChI is InChI=1S/C24H23N3O7/c1-14-9-10-16(12-20(14)27(32)33)25-21(28)13-34-24(31)15-5-4-6-17(11-15)26-22(29)18-7-2-3-8-19(18)23(26)30/h4-6,9-12,18-19H,2-3,7-8,13H2,1H3,(H,25,28)/t18-,19-/m0/s1. The molecule has 4 rings (SSSR count). The molecule has 34 heavy (non-hydrogen) atoms. The molecule has 2 aliphatic rings. The molecule has 0 bridgehead atoms. The van der Waals surface area contributed by atoms with E-state index in [0.29, 0.717) is 24.1 Å². The molecule has 0 aromatic heterocycles. The largest absolute Gasteiger partial charge is 0.452 e. The molecule has 176 valence electrons. The van der Waals surface area contributed by atoms with Crippen molar-refractivity contribution in [3.8, 4) is 0 Å². The van der Waals surface area contributed by atoms with Gasteiger partial charge in [-0.2, -0.15) is 0 Å². The molecule has 0 spiro atoms.